The number of likely N-dealkylation sites (N-methyl/N-ethyl adjacent to an activating group) is 2. The summed E-state index contributed by atoms with van der Waals surface area (Å²) in [5.41, 5.74) is 3.55. The van der Waals surface area contributed by atoms with Crippen LogP contribution in [0.15, 0.2) is 12.1 Å². The van der Waals surface area contributed by atoms with Crippen molar-refractivity contribution in [2.24, 2.45) is 0 Å². The highest BCUT2D eigenvalue weighted by Crippen LogP contribution is 2.29. The van der Waals surface area contributed by atoms with Gasteiger partial charge in [-0.1, -0.05) is 6.07 Å². The molecule has 134 valence electrons. The van der Waals surface area contributed by atoms with Gasteiger partial charge in [0, 0.05) is 26.2 Å². The van der Waals surface area contributed by atoms with Crippen LogP contribution >= 0.6 is 0 Å². The Labute approximate surface area is 146 Å². The lowest BCUT2D eigenvalue weighted by Gasteiger charge is -2.16. The van der Waals surface area contributed by atoms with Crippen molar-refractivity contribution in [1.82, 2.24) is 15.1 Å². The molecule has 1 aromatic rings. The van der Waals surface area contributed by atoms with E-state index in [4.69, 9.17) is 4.74 Å². The molecular formula is C18H23N3O4. The minimum atomic E-state index is -0.737. The molecule has 1 unspecified atom stereocenters. The molecule has 1 saturated heterocycles. The van der Waals surface area contributed by atoms with Gasteiger partial charge in [-0.05, 0) is 36.5 Å². The van der Waals surface area contributed by atoms with Gasteiger partial charge in [-0.25, -0.2) is 4.79 Å². The van der Waals surface area contributed by atoms with E-state index >= 15 is 0 Å². The van der Waals surface area contributed by atoms with Gasteiger partial charge in [0.2, 0.25) is 5.91 Å². The molecule has 7 heteroatoms. The van der Waals surface area contributed by atoms with Crippen molar-refractivity contribution in [2.75, 3.05) is 21.2 Å². The highest BCUT2D eigenvalue weighted by atomic mass is 16.5. The molecule has 7 nitrogen and oxygen atoms in total. The molecule has 0 bridgehead atoms. The van der Waals surface area contributed by atoms with Crippen LogP contribution in [-0.2, 0) is 29.0 Å². The Balaban J connectivity index is 1.63. The molecule has 25 heavy (non-hydrogen) atoms. The number of rotatable bonds is 5. The summed E-state index contributed by atoms with van der Waals surface area (Å²) in [5, 5.41) is 2.83. The van der Waals surface area contributed by atoms with Crippen LogP contribution in [0.4, 0.5) is 4.79 Å². The average Bonchev–Trinajstić information content (AvgIpc) is 3.13. The number of nitrogens with zero attached hydrogens (tertiary/aromatic N) is 2. The van der Waals surface area contributed by atoms with Gasteiger partial charge >= 0.3 is 6.03 Å². The lowest BCUT2D eigenvalue weighted by molar-refractivity contribution is -0.131. The second-order valence-corrected chi connectivity index (χ2v) is 6.57. The number of hydrogen-bond donors (Lipinski definition) is 1. The predicted octanol–water partition coefficient (Wildman–Crippen LogP) is 1.08. The fourth-order valence-electron chi connectivity index (χ4n) is 3.50. The number of methoxy groups -OCH3 is 1. The fraction of sp³-hybridized carbons (Fsp3) is 0.500. The number of carbonyl (C=O) groups excluding carboxylic acids is 3. The molecule has 1 N–H and O–H groups in total. The van der Waals surface area contributed by atoms with Gasteiger partial charge < -0.3 is 15.0 Å². The van der Waals surface area contributed by atoms with Gasteiger partial charge in [0.15, 0.2) is 0 Å². The van der Waals surface area contributed by atoms with Crippen LogP contribution in [0.5, 0.6) is 5.75 Å². The number of carbonyl (C=O) groups is 3. The van der Waals surface area contributed by atoms with Crippen LogP contribution in [0.25, 0.3) is 0 Å². The van der Waals surface area contributed by atoms with E-state index < -0.39 is 6.04 Å². The second-order valence-electron chi connectivity index (χ2n) is 6.57. The Morgan fingerprint density at radius 2 is 1.92 bits per heavy atom. The third-order valence-corrected chi connectivity index (χ3v) is 5.02. The number of aryl methyl sites for hydroxylation is 2. The second kappa shape index (κ2) is 6.74. The zero-order valence-corrected chi connectivity index (χ0v) is 14.8. The van der Waals surface area contributed by atoms with E-state index in [9.17, 15) is 14.4 Å². The summed E-state index contributed by atoms with van der Waals surface area (Å²) in [6.07, 6.45) is 3.22. The number of hydrogen-bond acceptors (Lipinski definition) is 4. The monoisotopic (exact) mass is 345 g/mol. The van der Waals surface area contributed by atoms with Crippen LogP contribution < -0.4 is 10.1 Å². The van der Waals surface area contributed by atoms with E-state index in [0.717, 1.165) is 35.5 Å². The van der Waals surface area contributed by atoms with Gasteiger partial charge in [0.1, 0.15) is 11.8 Å². The molecule has 1 fully saturated rings. The first-order chi connectivity index (χ1) is 11.9. The standard InChI is InChI=1S/C18H23N3O4/c1-20-14(17(23)21(2)18(20)24)9-16(22)19-10-13-7-11-5-4-6-12(11)8-15(13)25-3/h7-8,14H,4-6,9-10H2,1-3H3,(H,19,22). The average molecular weight is 345 g/mol. The Morgan fingerprint density at radius 3 is 2.52 bits per heavy atom. The molecule has 0 spiro atoms. The minimum absolute atomic E-state index is 0.0430. The molecule has 1 aromatic carbocycles. The lowest BCUT2D eigenvalue weighted by atomic mass is 10.0. The van der Waals surface area contributed by atoms with Crippen LogP contribution in [0.3, 0.4) is 0 Å². The maximum absolute atomic E-state index is 12.2. The highest BCUT2D eigenvalue weighted by Gasteiger charge is 2.41. The van der Waals surface area contributed by atoms with Crippen molar-refractivity contribution in [3.8, 4) is 5.75 Å². The van der Waals surface area contributed by atoms with Gasteiger partial charge in [0.25, 0.3) is 5.91 Å². The van der Waals surface area contributed by atoms with Crippen LogP contribution in [0.1, 0.15) is 29.5 Å². The quantitative estimate of drug-likeness (QED) is 0.810. The fourth-order valence-corrected chi connectivity index (χ4v) is 3.50. The minimum Gasteiger partial charge on any atom is -0.496 e. The van der Waals surface area contributed by atoms with Gasteiger partial charge in [-0.2, -0.15) is 0 Å². The molecule has 0 aromatic heterocycles. The van der Waals surface area contributed by atoms with E-state index in [-0.39, 0.29) is 24.3 Å². The molecule has 1 aliphatic carbocycles. The zero-order valence-electron chi connectivity index (χ0n) is 14.8. The molecule has 1 heterocycles. The molecule has 3 rings (SSSR count). The third kappa shape index (κ3) is 3.18. The Hall–Kier alpha value is -2.57. The van der Waals surface area contributed by atoms with Crippen molar-refractivity contribution in [3.05, 3.63) is 28.8 Å². The number of imide groups is 1. The number of ether oxygens (including phenoxy) is 1. The van der Waals surface area contributed by atoms with Crippen molar-refractivity contribution in [3.63, 3.8) is 0 Å². The molecule has 2 aliphatic rings. The Kier molecular flexibility index (Phi) is 4.65. The molecule has 0 radical (unpaired) electrons. The van der Waals surface area contributed by atoms with Crippen molar-refractivity contribution in [1.29, 1.82) is 0 Å². The van der Waals surface area contributed by atoms with Gasteiger partial charge in [0.05, 0.1) is 13.5 Å². The predicted molar refractivity (Wildman–Crippen MR) is 91.2 cm³/mol. The summed E-state index contributed by atoms with van der Waals surface area (Å²) < 4.78 is 5.43. The van der Waals surface area contributed by atoms with E-state index in [1.807, 2.05) is 6.07 Å². The number of urea groups is 1. The van der Waals surface area contributed by atoms with E-state index in [1.165, 1.54) is 30.1 Å². The highest BCUT2D eigenvalue weighted by molar-refractivity contribution is 6.05. The summed E-state index contributed by atoms with van der Waals surface area (Å²) in [4.78, 5) is 38.4. The third-order valence-electron chi connectivity index (χ3n) is 5.02. The van der Waals surface area contributed by atoms with Crippen LogP contribution in [0, 0.1) is 0 Å². The van der Waals surface area contributed by atoms with Crippen molar-refractivity contribution >= 4 is 17.8 Å². The smallest absolute Gasteiger partial charge is 0.326 e. The summed E-state index contributed by atoms with van der Waals surface area (Å²) in [7, 11) is 4.58. The lowest BCUT2D eigenvalue weighted by Crippen LogP contribution is -2.37. The molecule has 0 saturated carbocycles. The van der Waals surface area contributed by atoms with E-state index in [2.05, 4.69) is 11.4 Å². The van der Waals surface area contributed by atoms with Crippen molar-refractivity contribution < 1.29 is 19.1 Å². The zero-order chi connectivity index (χ0) is 18.1. The maximum Gasteiger partial charge on any atom is 0.326 e. The topological polar surface area (TPSA) is 79.0 Å². The Bertz CT molecular complexity index is 731. The first kappa shape index (κ1) is 17.3. The number of fused-ring (bicyclic) bond motifs is 1. The van der Waals surface area contributed by atoms with Gasteiger partial charge in [-0.15, -0.1) is 0 Å². The number of amides is 4. The normalized spacial score (nSPS) is 19.4. The SMILES string of the molecule is COc1cc2c(cc1CNC(=O)CC1C(=O)N(C)C(=O)N1C)CCC2. The maximum atomic E-state index is 12.2. The number of benzene rings is 1. The number of nitrogens with one attached hydrogen (secondary N) is 1. The first-order valence-electron chi connectivity index (χ1n) is 8.42. The molecule has 1 atom stereocenters. The molecular weight excluding hydrogens is 322 g/mol. The summed E-state index contributed by atoms with van der Waals surface area (Å²) in [6, 6.07) is 3.01. The van der Waals surface area contributed by atoms with Crippen molar-refractivity contribution in [2.45, 2.75) is 38.3 Å². The van der Waals surface area contributed by atoms with E-state index in [0.29, 0.717) is 6.54 Å². The van der Waals surface area contributed by atoms with Crippen LogP contribution in [-0.4, -0.2) is 54.9 Å². The molecule has 4 amide bonds. The Morgan fingerprint density at radius 1 is 1.24 bits per heavy atom. The van der Waals surface area contributed by atoms with Crippen LogP contribution in [0.2, 0.25) is 0 Å². The van der Waals surface area contributed by atoms with Gasteiger partial charge in [-0.3, -0.25) is 14.5 Å². The first-order valence-corrected chi connectivity index (χ1v) is 8.42. The van der Waals surface area contributed by atoms with E-state index in [1.54, 1.807) is 7.11 Å². The summed E-state index contributed by atoms with van der Waals surface area (Å²) in [6.45, 7) is 0.337. The molecule has 1 aliphatic heterocycles. The largest absolute Gasteiger partial charge is 0.496 e. The summed E-state index contributed by atoms with van der Waals surface area (Å²) in [5.74, 6) is 0.151. The summed E-state index contributed by atoms with van der Waals surface area (Å²) >= 11 is 0.